The van der Waals surface area contributed by atoms with E-state index in [2.05, 4.69) is 9.98 Å². The average molecular weight is 241 g/mol. The van der Waals surface area contributed by atoms with Gasteiger partial charge in [-0.15, -0.1) is 0 Å². The summed E-state index contributed by atoms with van der Waals surface area (Å²) in [6.45, 7) is 1.96. The summed E-state index contributed by atoms with van der Waals surface area (Å²) in [5, 5.41) is 11.9. The number of rotatable bonds is 3. The number of pyridine rings is 1. The van der Waals surface area contributed by atoms with E-state index >= 15 is 0 Å². The molecule has 2 aromatic rings. The van der Waals surface area contributed by atoms with E-state index in [9.17, 15) is 5.11 Å². The minimum Gasteiger partial charge on any atom is -0.870 e. The number of hydrogen-bond acceptors (Lipinski definition) is 4. The first-order chi connectivity index (χ1) is 8.70. The third kappa shape index (κ3) is 2.66. The van der Waals surface area contributed by atoms with Crippen molar-refractivity contribution in [1.82, 2.24) is 4.98 Å². The van der Waals surface area contributed by atoms with Gasteiger partial charge in [-0.3, -0.25) is 0 Å². The fourth-order valence-corrected chi connectivity index (χ4v) is 1.52. The van der Waals surface area contributed by atoms with Crippen LogP contribution >= 0.6 is 0 Å². The van der Waals surface area contributed by atoms with E-state index in [1.807, 2.05) is 19.1 Å². The summed E-state index contributed by atoms with van der Waals surface area (Å²) in [6.07, 6.45) is 3.19. The van der Waals surface area contributed by atoms with Crippen molar-refractivity contribution in [2.24, 2.45) is 4.99 Å². The van der Waals surface area contributed by atoms with E-state index in [0.29, 0.717) is 17.1 Å². The van der Waals surface area contributed by atoms with Crippen LogP contribution in [0.25, 0.3) is 0 Å². The first-order valence-electron chi connectivity index (χ1n) is 5.51. The van der Waals surface area contributed by atoms with Crippen LogP contribution in [0, 0.1) is 6.92 Å². The molecule has 0 bridgehead atoms. The second kappa shape index (κ2) is 5.31. The fraction of sp³-hybridized carbons (Fsp3) is 0.143. The predicted octanol–water partition coefficient (Wildman–Crippen LogP) is 2.22. The van der Waals surface area contributed by atoms with Crippen LogP contribution in [-0.4, -0.2) is 18.3 Å². The summed E-state index contributed by atoms with van der Waals surface area (Å²) >= 11 is 0. The molecule has 0 spiro atoms. The van der Waals surface area contributed by atoms with Crippen LogP contribution in [0.2, 0.25) is 0 Å². The normalized spacial score (nSPS) is 10.8. The Hall–Kier alpha value is -2.36. The van der Waals surface area contributed by atoms with Crippen LogP contribution in [0.3, 0.4) is 0 Å². The molecule has 0 unspecified atom stereocenters. The van der Waals surface area contributed by atoms with E-state index in [1.165, 1.54) is 13.3 Å². The molecule has 1 aromatic heterocycles. The Kier molecular flexibility index (Phi) is 3.57. The molecule has 92 valence electrons. The van der Waals surface area contributed by atoms with Crippen LogP contribution in [0.4, 0.5) is 5.82 Å². The minimum absolute atomic E-state index is 0.170. The molecule has 0 aliphatic carbocycles. The van der Waals surface area contributed by atoms with E-state index in [1.54, 1.807) is 24.4 Å². The molecule has 0 saturated heterocycles. The quantitative estimate of drug-likeness (QED) is 0.774. The van der Waals surface area contributed by atoms with Crippen molar-refractivity contribution in [3.63, 3.8) is 0 Å². The molecule has 0 fully saturated rings. The first kappa shape index (κ1) is 12.1. The lowest BCUT2D eigenvalue weighted by molar-refractivity contribution is -0.270. The van der Waals surface area contributed by atoms with Crippen molar-refractivity contribution in [3.05, 3.63) is 47.7 Å². The maximum atomic E-state index is 11.9. The number of nitrogens with zero attached hydrogens (tertiary/aromatic N) is 2. The van der Waals surface area contributed by atoms with E-state index < -0.39 is 0 Å². The lowest BCUT2D eigenvalue weighted by Crippen LogP contribution is -1.99. The topological polar surface area (TPSA) is 57.5 Å². The summed E-state index contributed by atoms with van der Waals surface area (Å²) in [5.74, 6) is 0.727. The molecule has 0 amide bonds. The molecule has 0 radical (unpaired) electrons. The van der Waals surface area contributed by atoms with Crippen molar-refractivity contribution in [1.29, 1.82) is 0 Å². The molecule has 0 saturated carbocycles. The van der Waals surface area contributed by atoms with Gasteiger partial charge >= 0.3 is 0 Å². The molecule has 18 heavy (non-hydrogen) atoms. The number of aliphatic imine (C=N–C) groups is 1. The number of benzene rings is 1. The number of para-hydroxylation sites is 1. The molecule has 1 heterocycles. The van der Waals surface area contributed by atoms with Crippen LogP contribution in [0.1, 0.15) is 11.1 Å². The van der Waals surface area contributed by atoms with Crippen LogP contribution < -0.4 is 9.84 Å². The van der Waals surface area contributed by atoms with E-state index in [-0.39, 0.29) is 5.75 Å². The second-order valence-corrected chi connectivity index (χ2v) is 3.83. The Morgan fingerprint density at radius 3 is 2.89 bits per heavy atom. The summed E-state index contributed by atoms with van der Waals surface area (Å²) in [5.41, 5.74) is 1.56. The van der Waals surface area contributed by atoms with E-state index in [0.717, 1.165) is 5.56 Å². The zero-order chi connectivity index (χ0) is 13.0. The van der Waals surface area contributed by atoms with Gasteiger partial charge in [0.2, 0.25) is 0 Å². The molecular formula is C14H13N2O2-. The van der Waals surface area contributed by atoms with Gasteiger partial charge in [0.05, 0.1) is 7.11 Å². The van der Waals surface area contributed by atoms with Gasteiger partial charge in [-0.1, -0.05) is 17.9 Å². The summed E-state index contributed by atoms with van der Waals surface area (Å²) in [6, 6.07) is 8.82. The molecule has 0 N–H and O–H groups in total. The van der Waals surface area contributed by atoms with Gasteiger partial charge in [-0.2, -0.15) is 0 Å². The van der Waals surface area contributed by atoms with Crippen molar-refractivity contribution < 1.29 is 9.84 Å². The Balaban J connectivity index is 2.29. The van der Waals surface area contributed by atoms with Crippen molar-refractivity contribution in [3.8, 4) is 11.5 Å². The third-order valence-corrected chi connectivity index (χ3v) is 2.47. The lowest BCUT2D eigenvalue weighted by atomic mass is 10.2. The third-order valence-electron chi connectivity index (χ3n) is 2.47. The van der Waals surface area contributed by atoms with Crippen LogP contribution in [0.15, 0.2) is 41.5 Å². The predicted molar refractivity (Wildman–Crippen MR) is 68.7 cm³/mol. The maximum absolute atomic E-state index is 11.9. The number of aromatic nitrogens is 1. The molecule has 0 aliphatic heterocycles. The maximum Gasteiger partial charge on any atom is 0.151 e. The molecule has 0 atom stereocenters. The first-order valence-corrected chi connectivity index (χ1v) is 5.51. The number of hydrogen-bond donors (Lipinski definition) is 0. The van der Waals surface area contributed by atoms with Gasteiger partial charge in [0.1, 0.15) is 5.75 Å². The van der Waals surface area contributed by atoms with Gasteiger partial charge in [0.25, 0.3) is 0 Å². The van der Waals surface area contributed by atoms with Gasteiger partial charge in [0, 0.05) is 12.4 Å². The monoisotopic (exact) mass is 241 g/mol. The van der Waals surface area contributed by atoms with Crippen molar-refractivity contribution >= 4 is 12.0 Å². The van der Waals surface area contributed by atoms with Crippen molar-refractivity contribution in [2.45, 2.75) is 6.92 Å². The zero-order valence-electron chi connectivity index (χ0n) is 10.3. The summed E-state index contributed by atoms with van der Waals surface area (Å²) in [7, 11) is 1.47. The number of methoxy groups -OCH3 is 1. The lowest BCUT2D eigenvalue weighted by Gasteiger charge is -2.14. The largest absolute Gasteiger partial charge is 0.870 e. The van der Waals surface area contributed by atoms with Gasteiger partial charge in [0.15, 0.2) is 5.82 Å². The van der Waals surface area contributed by atoms with Gasteiger partial charge in [-0.05, 0) is 36.2 Å². The standard InChI is InChI=1S/C14H14N2O2/c1-10-6-7-15-13(8-10)16-9-11-4-3-5-12(18-2)14(11)17/h3-9,17H,1-2H3/p-1. The Morgan fingerprint density at radius 2 is 2.17 bits per heavy atom. The highest BCUT2D eigenvalue weighted by Gasteiger charge is 1.97. The Morgan fingerprint density at radius 1 is 1.33 bits per heavy atom. The average Bonchev–Trinajstić information content (AvgIpc) is 2.38. The van der Waals surface area contributed by atoms with Crippen LogP contribution in [-0.2, 0) is 0 Å². The minimum atomic E-state index is -0.170. The SMILES string of the molecule is COc1cccc(C=Nc2cc(C)ccn2)c1[O-]. The molecule has 2 rings (SSSR count). The Labute approximate surface area is 106 Å². The van der Waals surface area contributed by atoms with Crippen molar-refractivity contribution in [2.75, 3.05) is 7.11 Å². The highest BCUT2D eigenvalue weighted by Crippen LogP contribution is 2.25. The Bertz CT molecular complexity index is 580. The second-order valence-electron chi connectivity index (χ2n) is 3.83. The fourth-order valence-electron chi connectivity index (χ4n) is 1.52. The van der Waals surface area contributed by atoms with E-state index in [4.69, 9.17) is 4.74 Å². The molecule has 0 aliphatic rings. The number of ether oxygens (including phenoxy) is 1. The smallest absolute Gasteiger partial charge is 0.151 e. The van der Waals surface area contributed by atoms with Gasteiger partial charge in [-0.25, -0.2) is 9.98 Å². The molecule has 4 nitrogen and oxygen atoms in total. The highest BCUT2D eigenvalue weighted by molar-refractivity contribution is 5.86. The molecule has 4 heteroatoms. The van der Waals surface area contributed by atoms with Crippen LogP contribution in [0.5, 0.6) is 11.5 Å². The highest BCUT2D eigenvalue weighted by atomic mass is 16.5. The number of aryl methyl sites for hydroxylation is 1. The zero-order valence-corrected chi connectivity index (χ0v) is 10.3. The summed E-state index contributed by atoms with van der Waals surface area (Å²) in [4.78, 5) is 8.28. The summed E-state index contributed by atoms with van der Waals surface area (Å²) < 4.78 is 4.97. The van der Waals surface area contributed by atoms with Gasteiger partial charge < -0.3 is 9.84 Å². The molecule has 1 aromatic carbocycles. The molecular weight excluding hydrogens is 228 g/mol.